The van der Waals surface area contributed by atoms with E-state index in [1.807, 2.05) is 48.5 Å². The summed E-state index contributed by atoms with van der Waals surface area (Å²) < 4.78 is 11.0. The maximum absolute atomic E-state index is 12.4. The number of hydrogen-bond donors (Lipinski definition) is 1. The molecule has 27 heavy (non-hydrogen) atoms. The maximum atomic E-state index is 12.4. The molecule has 0 fully saturated rings. The van der Waals surface area contributed by atoms with E-state index in [0.29, 0.717) is 31.6 Å². The van der Waals surface area contributed by atoms with Gasteiger partial charge in [0, 0.05) is 26.4 Å². The Kier molecular flexibility index (Phi) is 5.96. The third-order valence-corrected chi connectivity index (χ3v) is 4.61. The Morgan fingerprint density at radius 1 is 1.22 bits per heavy atom. The minimum atomic E-state index is -0.580. The number of aryl methyl sites for hydroxylation is 1. The average Bonchev–Trinajstić information content (AvgIpc) is 2.70. The molecule has 0 aliphatic carbocycles. The predicted octanol–water partition coefficient (Wildman–Crippen LogP) is 2.56. The van der Waals surface area contributed by atoms with Crippen LogP contribution >= 0.6 is 0 Å². The highest BCUT2D eigenvalue weighted by molar-refractivity contribution is 5.99. The van der Waals surface area contributed by atoms with Gasteiger partial charge >= 0.3 is 0 Å². The van der Waals surface area contributed by atoms with Gasteiger partial charge in [-0.1, -0.05) is 24.3 Å². The molecule has 2 amide bonds. The molecule has 0 radical (unpaired) electrons. The van der Waals surface area contributed by atoms with Crippen LogP contribution in [0.2, 0.25) is 0 Å². The first kappa shape index (κ1) is 18.8. The summed E-state index contributed by atoms with van der Waals surface area (Å²) in [5, 5.41) is 2.87. The van der Waals surface area contributed by atoms with Crippen molar-refractivity contribution in [3.63, 3.8) is 0 Å². The van der Waals surface area contributed by atoms with Gasteiger partial charge in [0.15, 0.2) is 6.10 Å². The van der Waals surface area contributed by atoms with E-state index in [1.54, 1.807) is 19.1 Å². The molecule has 1 atom stereocenters. The van der Waals surface area contributed by atoms with E-state index < -0.39 is 6.10 Å². The Bertz CT molecular complexity index is 821. The summed E-state index contributed by atoms with van der Waals surface area (Å²) >= 11 is 0. The second-order valence-corrected chi connectivity index (χ2v) is 6.46. The van der Waals surface area contributed by atoms with Gasteiger partial charge in [0.2, 0.25) is 5.91 Å². The summed E-state index contributed by atoms with van der Waals surface area (Å²) in [6.45, 7) is 0.392. The number of nitrogens with zero attached hydrogens (tertiary/aromatic N) is 1. The van der Waals surface area contributed by atoms with Crippen molar-refractivity contribution in [2.75, 3.05) is 25.6 Å². The number of carbonyl (C=O) groups is 2. The van der Waals surface area contributed by atoms with Crippen molar-refractivity contribution in [1.82, 2.24) is 5.32 Å². The number of methoxy groups -OCH3 is 1. The molecular formula is C21H24N2O4. The highest BCUT2D eigenvalue weighted by Crippen LogP contribution is 2.33. The zero-order valence-electron chi connectivity index (χ0n) is 15.6. The molecule has 2 aromatic rings. The Morgan fingerprint density at radius 3 is 2.85 bits per heavy atom. The molecule has 0 saturated carbocycles. The molecule has 0 bridgehead atoms. The third-order valence-electron chi connectivity index (χ3n) is 4.61. The van der Waals surface area contributed by atoms with Crippen molar-refractivity contribution in [1.29, 1.82) is 0 Å². The zero-order valence-corrected chi connectivity index (χ0v) is 15.6. The first-order chi connectivity index (χ1) is 13.1. The van der Waals surface area contributed by atoms with Crippen molar-refractivity contribution in [2.45, 2.75) is 25.4 Å². The lowest BCUT2D eigenvalue weighted by Gasteiger charge is -2.31. The smallest absolute Gasteiger partial charge is 0.267 e. The van der Waals surface area contributed by atoms with Crippen molar-refractivity contribution in [2.24, 2.45) is 0 Å². The normalized spacial score (nSPS) is 15.7. The maximum Gasteiger partial charge on any atom is 0.267 e. The first-order valence-electron chi connectivity index (χ1n) is 9.01. The van der Waals surface area contributed by atoms with Gasteiger partial charge in [-0.3, -0.25) is 9.59 Å². The van der Waals surface area contributed by atoms with E-state index in [1.165, 1.54) is 0 Å². The quantitative estimate of drug-likeness (QED) is 0.816. The lowest BCUT2D eigenvalue weighted by molar-refractivity contribution is -0.127. The molecule has 142 valence electrons. The Balaban J connectivity index is 1.45. The van der Waals surface area contributed by atoms with Crippen LogP contribution in [0.3, 0.4) is 0 Å². The van der Waals surface area contributed by atoms with Crippen LogP contribution in [-0.2, 0) is 16.0 Å². The van der Waals surface area contributed by atoms with Crippen LogP contribution in [0.15, 0.2) is 48.5 Å². The molecule has 6 nitrogen and oxygen atoms in total. The molecule has 1 aliphatic rings. The van der Waals surface area contributed by atoms with Crippen LogP contribution in [0.4, 0.5) is 5.69 Å². The average molecular weight is 368 g/mol. The van der Waals surface area contributed by atoms with Gasteiger partial charge in [-0.15, -0.1) is 0 Å². The van der Waals surface area contributed by atoms with Crippen LogP contribution < -0.4 is 19.7 Å². The first-order valence-corrected chi connectivity index (χ1v) is 9.01. The number of para-hydroxylation sites is 2. The summed E-state index contributed by atoms with van der Waals surface area (Å²) in [5.41, 5.74) is 1.81. The molecule has 6 heteroatoms. The van der Waals surface area contributed by atoms with Gasteiger partial charge in [0.05, 0.1) is 12.8 Å². The summed E-state index contributed by atoms with van der Waals surface area (Å²) in [5.74, 6) is 1.33. The minimum Gasteiger partial charge on any atom is -0.497 e. The van der Waals surface area contributed by atoms with Gasteiger partial charge in [-0.2, -0.15) is 0 Å². The lowest BCUT2D eigenvalue weighted by Crippen LogP contribution is -2.45. The Morgan fingerprint density at radius 2 is 2.04 bits per heavy atom. The third kappa shape index (κ3) is 4.58. The van der Waals surface area contributed by atoms with Gasteiger partial charge in [0.1, 0.15) is 11.5 Å². The Hall–Kier alpha value is -3.02. The topological polar surface area (TPSA) is 67.9 Å². The van der Waals surface area contributed by atoms with E-state index in [0.717, 1.165) is 17.0 Å². The van der Waals surface area contributed by atoms with Crippen LogP contribution in [0.5, 0.6) is 11.5 Å². The van der Waals surface area contributed by atoms with Crippen LogP contribution in [0, 0.1) is 0 Å². The molecular weight excluding hydrogens is 344 g/mol. The molecule has 1 heterocycles. The number of nitrogens with one attached hydrogen (secondary N) is 1. The molecule has 3 rings (SSSR count). The molecule has 1 N–H and O–H groups in total. The molecule has 0 aromatic heterocycles. The molecule has 1 unspecified atom stereocenters. The zero-order chi connectivity index (χ0) is 19.2. The predicted molar refractivity (Wildman–Crippen MR) is 103 cm³/mol. The van der Waals surface area contributed by atoms with E-state index in [9.17, 15) is 9.59 Å². The fraction of sp³-hybridized carbons (Fsp3) is 0.333. The highest BCUT2D eigenvalue weighted by Gasteiger charge is 2.31. The number of amides is 2. The van der Waals surface area contributed by atoms with Gasteiger partial charge in [0.25, 0.3) is 5.91 Å². The van der Waals surface area contributed by atoms with Crippen molar-refractivity contribution in [3.8, 4) is 11.5 Å². The summed E-state index contributed by atoms with van der Waals surface area (Å²) in [6.07, 6.45) is 0.874. The second-order valence-electron chi connectivity index (χ2n) is 6.46. The SMILES string of the molecule is COc1cccc(CCC(=O)NCCC2Oc3ccccc3N(C)C2=O)c1. The van der Waals surface area contributed by atoms with Crippen molar-refractivity contribution in [3.05, 3.63) is 54.1 Å². The van der Waals surface area contributed by atoms with Gasteiger partial charge in [-0.05, 0) is 36.2 Å². The molecule has 0 saturated heterocycles. The van der Waals surface area contributed by atoms with Gasteiger partial charge in [-0.25, -0.2) is 0 Å². The number of ether oxygens (including phenoxy) is 2. The van der Waals surface area contributed by atoms with E-state index >= 15 is 0 Å². The lowest BCUT2D eigenvalue weighted by atomic mass is 10.1. The van der Waals surface area contributed by atoms with E-state index in [4.69, 9.17) is 9.47 Å². The summed E-state index contributed by atoms with van der Waals surface area (Å²) in [4.78, 5) is 26.1. The minimum absolute atomic E-state index is 0.0465. The number of benzene rings is 2. The van der Waals surface area contributed by atoms with Crippen LogP contribution in [-0.4, -0.2) is 38.6 Å². The number of carbonyl (C=O) groups excluding carboxylic acids is 2. The number of hydrogen-bond acceptors (Lipinski definition) is 4. The second kappa shape index (κ2) is 8.58. The number of anilines is 1. The summed E-state index contributed by atoms with van der Waals surface area (Å²) in [6, 6.07) is 15.1. The van der Waals surface area contributed by atoms with Crippen LogP contribution in [0.1, 0.15) is 18.4 Å². The monoisotopic (exact) mass is 368 g/mol. The van der Waals surface area contributed by atoms with Crippen LogP contribution in [0.25, 0.3) is 0 Å². The molecule has 2 aromatic carbocycles. The largest absolute Gasteiger partial charge is 0.497 e. The highest BCUT2D eigenvalue weighted by atomic mass is 16.5. The number of likely N-dealkylation sites (N-methyl/N-ethyl adjacent to an activating group) is 1. The standard InChI is InChI=1S/C21H24N2O4/c1-23-17-8-3-4-9-18(17)27-19(21(23)25)12-13-22-20(24)11-10-15-6-5-7-16(14-15)26-2/h3-9,14,19H,10-13H2,1-2H3,(H,22,24). The number of fused-ring (bicyclic) bond motifs is 1. The van der Waals surface area contributed by atoms with Crippen molar-refractivity contribution >= 4 is 17.5 Å². The van der Waals surface area contributed by atoms with E-state index in [2.05, 4.69) is 5.32 Å². The molecule has 1 aliphatic heterocycles. The molecule has 0 spiro atoms. The van der Waals surface area contributed by atoms with Gasteiger partial charge < -0.3 is 19.7 Å². The fourth-order valence-corrected chi connectivity index (χ4v) is 3.07. The fourth-order valence-electron chi connectivity index (χ4n) is 3.07. The number of rotatable bonds is 7. The van der Waals surface area contributed by atoms with Crippen molar-refractivity contribution < 1.29 is 19.1 Å². The van der Waals surface area contributed by atoms with E-state index in [-0.39, 0.29) is 11.8 Å². The summed E-state index contributed by atoms with van der Waals surface area (Å²) in [7, 11) is 3.36. The Labute approximate surface area is 159 Å².